The van der Waals surface area contributed by atoms with Gasteiger partial charge in [0.2, 0.25) is 5.91 Å². The van der Waals surface area contributed by atoms with Gasteiger partial charge in [0.25, 0.3) is 5.69 Å². The van der Waals surface area contributed by atoms with Gasteiger partial charge < -0.3 is 0 Å². The normalized spacial score (nSPS) is 11.3. The summed E-state index contributed by atoms with van der Waals surface area (Å²) in [6.07, 6.45) is 3.65. The van der Waals surface area contributed by atoms with Gasteiger partial charge in [0.05, 0.1) is 26.5 Å². The minimum Gasteiger partial charge on any atom is -0.274 e. The Balaban J connectivity index is 1.59. The van der Waals surface area contributed by atoms with E-state index in [1.54, 1.807) is 11.0 Å². The number of amides is 1. The number of benzene rings is 2. The van der Waals surface area contributed by atoms with Crippen LogP contribution in [0.4, 0.5) is 16.5 Å². The minimum absolute atomic E-state index is 0.0477. The van der Waals surface area contributed by atoms with Crippen LogP contribution in [-0.4, -0.2) is 20.8 Å². The van der Waals surface area contributed by atoms with Gasteiger partial charge in [0, 0.05) is 24.4 Å². The molecule has 0 N–H and O–H groups in total. The first-order chi connectivity index (χ1) is 14.8. The lowest BCUT2D eigenvalue weighted by molar-refractivity contribution is -0.384. The highest BCUT2D eigenvalue weighted by molar-refractivity contribution is 7.19. The summed E-state index contributed by atoms with van der Waals surface area (Å²) in [5, 5.41) is 14.1. The van der Waals surface area contributed by atoms with Gasteiger partial charge in [-0.25, -0.2) is 9.97 Å². The Hall–Kier alpha value is -3.43. The van der Waals surface area contributed by atoms with Crippen LogP contribution >= 0.6 is 22.7 Å². The zero-order valence-corrected chi connectivity index (χ0v) is 18.7. The Labute approximate surface area is 186 Å². The lowest BCUT2D eigenvalue weighted by Gasteiger charge is -2.19. The number of rotatable bonds is 5. The van der Waals surface area contributed by atoms with Gasteiger partial charge in [0.15, 0.2) is 5.13 Å². The van der Waals surface area contributed by atoms with Gasteiger partial charge in [-0.15, -0.1) is 22.7 Å². The number of carbonyl (C=O) groups excluding carboxylic acids is 1. The molecule has 4 rings (SSSR count). The van der Waals surface area contributed by atoms with Crippen molar-refractivity contribution in [2.75, 3.05) is 4.90 Å². The number of nitrogens with zero attached hydrogens (tertiary/aromatic N) is 4. The quantitative estimate of drug-likeness (QED) is 0.269. The molecule has 156 valence electrons. The van der Waals surface area contributed by atoms with E-state index in [1.165, 1.54) is 41.7 Å². The van der Waals surface area contributed by atoms with Gasteiger partial charge in [-0.1, -0.05) is 6.07 Å². The Morgan fingerprint density at radius 1 is 1.10 bits per heavy atom. The molecule has 0 spiro atoms. The maximum Gasteiger partial charge on any atom is 0.270 e. The first-order valence-electron chi connectivity index (χ1n) is 9.38. The van der Waals surface area contributed by atoms with E-state index in [-0.39, 0.29) is 11.6 Å². The van der Waals surface area contributed by atoms with Crippen LogP contribution in [0.25, 0.3) is 22.4 Å². The third kappa shape index (κ3) is 4.37. The summed E-state index contributed by atoms with van der Waals surface area (Å²) in [6, 6.07) is 10.5. The number of hydrogen-bond acceptors (Lipinski definition) is 7. The Kier molecular flexibility index (Phi) is 5.62. The fraction of sp³-hybridized carbons (Fsp3) is 0.136. The molecule has 0 saturated carbocycles. The van der Waals surface area contributed by atoms with E-state index in [0.29, 0.717) is 16.3 Å². The molecule has 0 atom stereocenters. The SMILES string of the molecule is CC(=O)N(c1ccc(C)c(C)c1)c1nc(C=Cc2nc3ccc([N+](=O)[O-])cc3s2)cs1. The van der Waals surface area contributed by atoms with Crippen molar-refractivity contribution in [3.8, 4) is 0 Å². The summed E-state index contributed by atoms with van der Waals surface area (Å²) in [5.41, 5.74) is 4.53. The molecular weight excluding hydrogens is 432 g/mol. The summed E-state index contributed by atoms with van der Waals surface area (Å²) in [4.78, 5) is 33.5. The standard InChI is InChI=1S/C22H18N4O3S2/c1-13-4-6-17(10-14(13)2)25(15(3)27)22-23-16(12-30-22)5-9-21-24-19-8-7-18(26(28)29)11-20(19)31-21/h4-12H,1-3H3. The lowest BCUT2D eigenvalue weighted by atomic mass is 10.1. The Bertz CT molecular complexity index is 1340. The molecule has 0 aliphatic rings. The van der Waals surface area contributed by atoms with Crippen molar-refractivity contribution in [2.45, 2.75) is 20.8 Å². The number of aryl methyl sites for hydroxylation is 2. The van der Waals surface area contributed by atoms with E-state index in [2.05, 4.69) is 9.97 Å². The molecule has 0 unspecified atom stereocenters. The highest BCUT2D eigenvalue weighted by Gasteiger charge is 2.18. The first-order valence-corrected chi connectivity index (χ1v) is 11.1. The van der Waals surface area contributed by atoms with Gasteiger partial charge >= 0.3 is 0 Å². The van der Waals surface area contributed by atoms with E-state index in [0.717, 1.165) is 26.5 Å². The molecule has 0 bridgehead atoms. The second-order valence-corrected chi connectivity index (χ2v) is 8.87. The summed E-state index contributed by atoms with van der Waals surface area (Å²) in [5.74, 6) is -0.110. The molecule has 0 radical (unpaired) electrons. The lowest BCUT2D eigenvalue weighted by Crippen LogP contribution is -2.22. The predicted molar refractivity (Wildman–Crippen MR) is 126 cm³/mol. The molecule has 2 aromatic carbocycles. The van der Waals surface area contributed by atoms with Crippen molar-refractivity contribution in [1.82, 2.24) is 9.97 Å². The van der Waals surface area contributed by atoms with E-state index in [9.17, 15) is 14.9 Å². The van der Waals surface area contributed by atoms with Crippen LogP contribution in [0.15, 0.2) is 41.8 Å². The number of anilines is 2. The van der Waals surface area contributed by atoms with E-state index in [1.807, 2.05) is 49.6 Å². The molecule has 0 aliphatic heterocycles. The van der Waals surface area contributed by atoms with Crippen LogP contribution in [0.1, 0.15) is 28.8 Å². The highest BCUT2D eigenvalue weighted by Crippen LogP contribution is 2.31. The van der Waals surface area contributed by atoms with Crippen LogP contribution in [0.5, 0.6) is 0 Å². The number of nitro benzene ring substituents is 1. The second-order valence-electron chi connectivity index (χ2n) is 6.97. The third-order valence-electron chi connectivity index (χ3n) is 4.76. The number of fused-ring (bicyclic) bond motifs is 1. The van der Waals surface area contributed by atoms with Crippen molar-refractivity contribution >= 4 is 67.5 Å². The van der Waals surface area contributed by atoms with Crippen LogP contribution in [0.3, 0.4) is 0 Å². The van der Waals surface area contributed by atoms with Gasteiger partial charge in [-0.05, 0) is 55.3 Å². The molecule has 9 heteroatoms. The van der Waals surface area contributed by atoms with E-state index in [4.69, 9.17) is 0 Å². The molecule has 31 heavy (non-hydrogen) atoms. The molecule has 0 fully saturated rings. The number of hydrogen-bond donors (Lipinski definition) is 0. The number of non-ortho nitro benzene ring substituents is 1. The Morgan fingerprint density at radius 3 is 2.61 bits per heavy atom. The average Bonchev–Trinajstić information content (AvgIpc) is 3.35. The minimum atomic E-state index is -0.415. The number of aromatic nitrogens is 2. The van der Waals surface area contributed by atoms with Gasteiger partial charge in [-0.2, -0.15) is 0 Å². The molecule has 2 heterocycles. The molecule has 2 aromatic heterocycles. The zero-order chi connectivity index (χ0) is 22.1. The largest absolute Gasteiger partial charge is 0.274 e. The van der Waals surface area contributed by atoms with Crippen molar-refractivity contribution in [2.24, 2.45) is 0 Å². The summed E-state index contributed by atoms with van der Waals surface area (Å²) < 4.78 is 0.755. The van der Waals surface area contributed by atoms with Crippen molar-refractivity contribution in [1.29, 1.82) is 0 Å². The van der Waals surface area contributed by atoms with Crippen molar-refractivity contribution in [3.63, 3.8) is 0 Å². The van der Waals surface area contributed by atoms with Gasteiger partial charge in [-0.3, -0.25) is 19.8 Å². The first kappa shape index (κ1) is 20.8. The molecular formula is C22H18N4O3S2. The molecule has 7 nitrogen and oxygen atoms in total. The maximum absolute atomic E-state index is 12.3. The molecule has 4 aromatic rings. The van der Waals surface area contributed by atoms with Crippen LogP contribution in [0, 0.1) is 24.0 Å². The van der Waals surface area contributed by atoms with E-state index >= 15 is 0 Å². The summed E-state index contributed by atoms with van der Waals surface area (Å²) >= 11 is 2.76. The molecule has 1 amide bonds. The predicted octanol–water partition coefficient (Wildman–Crippen LogP) is 6.13. The fourth-order valence-electron chi connectivity index (χ4n) is 3.02. The number of carbonyl (C=O) groups is 1. The fourth-order valence-corrected chi connectivity index (χ4v) is 4.78. The highest BCUT2D eigenvalue weighted by atomic mass is 32.1. The molecule has 0 saturated heterocycles. The Morgan fingerprint density at radius 2 is 1.90 bits per heavy atom. The maximum atomic E-state index is 12.3. The smallest absolute Gasteiger partial charge is 0.270 e. The summed E-state index contributed by atoms with van der Waals surface area (Å²) in [6.45, 7) is 5.57. The van der Waals surface area contributed by atoms with Crippen molar-refractivity contribution < 1.29 is 9.72 Å². The monoisotopic (exact) mass is 450 g/mol. The van der Waals surface area contributed by atoms with Crippen LogP contribution in [-0.2, 0) is 4.79 Å². The second kappa shape index (κ2) is 8.37. The number of thiazole rings is 2. The molecule has 0 aliphatic carbocycles. The van der Waals surface area contributed by atoms with Crippen molar-refractivity contribution in [3.05, 3.63) is 73.7 Å². The average molecular weight is 451 g/mol. The zero-order valence-electron chi connectivity index (χ0n) is 17.0. The van der Waals surface area contributed by atoms with Gasteiger partial charge in [0.1, 0.15) is 5.01 Å². The topological polar surface area (TPSA) is 89.2 Å². The van der Waals surface area contributed by atoms with E-state index < -0.39 is 4.92 Å². The third-order valence-corrected chi connectivity index (χ3v) is 6.59. The summed E-state index contributed by atoms with van der Waals surface area (Å²) in [7, 11) is 0. The van der Waals surface area contributed by atoms with Crippen LogP contribution in [0.2, 0.25) is 0 Å². The number of nitro groups is 1. The van der Waals surface area contributed by atoms with Crippen LogP contribution < -0.4 is 4.90 Å².